The molecule has 0 aliphatic heterocycles. The number of hydrogen-bond donors (Lipinski definition) is 4. The first-order valence-electron chi connectivity index (χ1n) is 5.26. The molecule has 4 N–H and O–H groups in total. The molecule has 0 bridgehead atoms. The van der Waals surface area contributed by atoms with Gasteiger partial charge in [0, 0.05) is 6.07 Å². The number of aliphatic carboxylic acids is 2. The van der Waals surface area contributed by atoms with Gasteiger partial charge in [0.1, 0.15) is 17.7 Å². The molecule has 1 aromatic rings. The summed E-state index contributed by atoms with van der Waals surface area (Å²) in [6.45, 7) is 0. The molecule has 0 aliphatic rings. The summed E-state index contributed by atoms with van der Waals surface area (Å²) in [5, 5.41) is 20.9. The number of halogens is 2. The number of carboxylic acid groups (broad SMARTS) is 2. The lowest BCUT2D eigenvalue weighted by molar-refractivity contribution is -0.145. The largest absolute Gasteiger partial charge is 0.481 e. The van der Waals surface area contributed by atoms with Gasteiger partial charge in [0.25, 0.3) is 0 Å². The second-order valence-electron chi connectivity index (χ2n) is 3.71. The zero-order valence-electron chi connectivity index (χ0n) is 9.89. The Labute approximate surface area is 111 Å². The lowest BCUT2D eigenvalue weighted by Gasteiger charge is -2.13. The molecule has 1 rings (SSSR count). The topological polar surface area (TPSA) is 116 Å². The SMILES string of the molecule is O=C(O)C[C@H](NC(=O)Nc1cc(F)ccc1F)C(=O)O. The highest BCUT2D eigenvalue weighted by atomic mass is 19.1. The molecule has 0 aromatic heterocycles. The van der Waals surface area contributed by atoms with Gasteiger partial charge < -0.3 is 20.8 Å². The van der Waals surface area contributed by atoms with Gasteiger partial charge in [0.15, 0.2) is 0 Å². The minimum absolute atomic E-state index is 0.498. The minimum Gasteiger partial charge on any atom is -0.481 e. The molecule has 0 saturated carbocycles. The molecule has 0 radical (unpaired) electrons. The fourth-order valence-corrected chi connectivity index (χ4v) is 1.28. The summed E-state index contributed by atoms with van der Waals surface area (Å²) in [4.78, 5) is 32.5. The fourth-order valence-electron chi connectivity index (χ4n) is 1.28. The highest BCUT2D eigenvalue weighted by Crippen LogP contribution is 2.15. The summed E-state index contributed by atoms with van der Waals surface area (Å²) in [5.74, 6) is -4.73. The van der Waals surface area contributed by atoms with Crippen molar-refractivity contribution < 1.29 is 33.4 Å². The Morgan fingerprint density at radius 2 is 1.85 bits per heavy atom. The summed E-state index contributed by atoms with van der Waals surface area (Å²) in [5.41, 5.74) is -0.498. The van der Waals surface area contributed by atoms with E-state index in [0.29, 0.717) is 6.07 Å². The van der Waals surface area contributed by atoms with Gasteiger partial charge in [-0.25, -0.2) is 18.4 Å². The highest BCUT2D eigenvalue weighted by Gasteiger charge is 2.23. The maximum Gasteiger partial charge on any atom is 0.326 e. The van der Waals surface area contributed by atoms with Crippen LogP contribution in [-0.2, 0) is 9.59 Å². The molecule has 0 heterocycles. The fraction of sp³-hybridized carbons (Fsp3) is 0.182. The van der Waals surface area contributed by atoms with Crippen LogP contribution in [0, 0.1) is 11.6 Å². The molecule has 0 spiro atoms. The van der Waals surface area contributed by atoms with Crippen LogP contribution < -0.4 is 10.6 Å². The first kappa shape index (κ1) is 15.3. The first-order chi connectivity index (χ1) is 9.29. The van der Waals surface area contributed by atoms with Gasteiger partial charge >= 0.3 is 18.0 Å². The van der Waals surface area contributed by atoms with Crippen LogP contribution in [0.1, 0.15) is 6.42 Å². The van der Waals surface area contributed by atoms with E-state index in [-0.39, 0.29) is 0 Å². The molecule has 0 fully saturated rings. The van der Waals surface area contributed by atoms with Crippen LogP contribution in [0.25, 0.3) is 0 Å². The highest BCUT2D eigenvalue weighted by molar-refractivity contribution is 5.93. The van der Waals surface area contributed by atoms with Crippen molar-refractivity contribution in [1.29, 1.82) is 0 Å². The van der Waals surface area contributed by atoms with Gasteiger partial charge in [-0.05, 0) is 12.1 Å². The number of urea groups is 1. The van der Waals surface area contributed by atoms with Crippen LogP contribution in [0.2, 0.25) is 0 Å². The van der Waals surface area contributed by atoms with Crippen molar-refractivity contribution in [3.8, 4) is 0 Å². The number of benzene rings is 1. The van der Waals surface area contributed by atoms with Crippen molar-refractivity contribution in [2.75, 3.05) is 5.32 Å². The zero-order valence-corrected chi connectivity index (χ0v) is 9.89. The molecule has 108 valence electrons. The molecule has 0 saturated heterocycles. The lowest BCUT2D eigenvalue weighted by Crippen LogP contribution is -2.44. The average Bonchev–Trinajstić information content (AvgIpc) is 2.32. The summed E-state index contributed by atoms with van der Waals surface area (Å²) in [6.07, 6.45) is -0.853. The van der Waals surface area contributed by atoms with Crippen LogP contribution in [0.3, 0.4) is 0 Å². The summed E-state index contributed by atoms with van der Waals surface area (Å²) in [6, 6.07) is -0.547. The monoisotopic (exact) mass is 288 g/mol. The van der Waals surface area contributed by atoms with Gasteiger partial charge in [-0.1, -0.05) is 0 Å². The number of anilines is 1. The normalized spacial score (nSPS) is 11.5. The molecule has 7 nitrogen and oxygen atoms in total. The van der Waals surface area contributed by atoms with Crippen molar-refractivity contribution in [2.45, 2.75) is 12.5 Å². The van der Waals surface area contributed by atoms with E-state index >= 15 is 0 Å². The molecule has 0 aliphatic carbocycles. The zero-order chi connectivity index (χ0) is 15.3. The van der Waals surface area contributed by atoms with Crippen LogP contribution in [-0.4, -0.2) is 34.2 Å². The molecule has 2 amide bonds. The average molecular weight is 288 g/mol. The van der Waals surface area contributed by atoms with Crippen LogP contribution in [0.4, 0.5) is 19.3 Å². The summed E-state index contributed by atoms with van der Waals surface area (Å²) < 4.78 is 26.1. The third-order valence-corrected chi connectivity index (χ3v) is 2.16. The van der Waals surface area contributed by atoms with Crippen LogP contribution in [0.15, 0.2) is 18.2 Å². The molecular formula is C11H10F2N2O5. The van der Waals surface area contributed by atoms with E-state index in [1.54, 1.807) is 0 Å². The van der Waals surface area contributed by atoms with E-state index in [1.807, 2.05) is 10.6 Å². The van der Waals surface area contributed by atoms with Crippen molar-refractivity contribution in [3.05, 3.63) is 29.8 Å². The predicted octanol–water partition coefficient (Wildman–Crippen LogP) is 1.01. The third-order valence-electron chi connectivity index (χ3n) is 2.16. The minimum atomic E-state index is -1.69. The number of carbonyl (C=O) groups excluding carboxylic acids is 1. The quantitative estimate of drug-likeness (QED) is 0.645. The Hall–Kier alpha value is -2.71. The first-order valence-corrected chi connectivity index (χ1v) is 5.26. The number of amides is 2. The van der Waals surface area contributed by atoms with Crippen molar-refractivity contribution in [1.82, 2.24) is 5.32 Å². The number of carbonyl (C=O) groups is 3. The molecule has 1 atom stereocenters. The Balaban J connectivity index is 2.72. The Morgan fingerprint density at radius 1 is 1.20 bits per heavy atom. The van der Waals surface area contributed by atoms with Crippen molar-refractivity contribution in [2.24, 2.45) is 0 Å². The smallest absolute Gasteiger partial charge is 0.326 e. The van der Waals surface area contributed by atoms with E-state index < -0.39 is 47.8 Å². The Kier molecular flexibility index (Phi) is 4.95. The van der Waals surface area contributed by atoms with E-state index in [0.717, 1.165) is 12.1 Å². The van der Waals surface area contributed by atoms with E-state index in [4.69, 9.17) is 10.2 Å². The number of nitrogens with one attached hydrogen (secondary N) is 2. The van der Waals surface area contributed by atoms with Crippen LogP contribution in [0.5, 0.6) is 0 Å². The van der Waals surface area contributed by atoms with E-state index in [1.165, 1.54) is 0 Å². The second-order valence-corrected chi connectivity index (χ2v) is 3.71. The molecule has 9 heteroatoms. The second kappa shape index (κ2) is 6.45. The van der Waals surface area contributed by atoms with Gasteiger partial charge in [0.2, 0.25) is 0 Å². The maximum absolute atomic E-state index is 13.2. The van der Waals surface area contributed by atoms with Crippen molar-refractivity contribution in [3.63, 3.8) is 0 Å². The number of hydrogen-bond acceptors (Lipinski definition) is 3. The van der Waals surface area contributed by atoms with Gasteiger partial charge in [-0.2, -0.15) is 0 Å². The van der Waals surface area contributed by atoms with Gasteiger partial charge in [-0.15, -0.1) is 0 Å². The van der Waals surface area contributed by atoms with Gasteiger partial charge in [-0.3, -0.25) is 4.79 Å². The summed E-state index contributed by atoms with van der Waals surface area (Å²) in [7, 11) is 0. The van der Waals surface area contributed by atoms with Gasteiger partial charge in [0.05, 0.1) is 12.1 Å². The van der Waals surface area contributed by atoms with Crippen LogP contribution >= 0.6 is 0 Å². The lowest BCUT2D eigenvalue weighted by atomic mass is 10.2. The molecule has 0 unspecified atom stereocenters. The molecular weight excluding hydrogens is 278 g/mol. The molecule has 20 heavy (non-hydrogen) atoms. The Morgan fingerprint density at radius 3 is 2.40 bits per heavy atom. The van der Waals surface area contributed by atoms with E-state index in [9.17, 15) is 23.2 Å². The predicted molar refractivity (Wildman–Crippen MR) is 62.2 cm³/mol. The third kappa shape index (κ3) is 4.52. The number of carboxylic acids is 2. The van der Waals surface area contributed by atoms with E-state index in [2.05, 4.69) is 0 Å². The van der Waals surface area contributed by atoms with Crippen molar-refractivity contribution >= 4 is 23.7 Å². The Bertz CT molecular complexity index is 550. The molecule has 1 aromatic carbocycles. The number of rotatable bonds is 5. The summed E-state index contributed by atoms with van der Waals surface area (Å²) >= 11 is 0. The maximum atomic E-state index is 13.2. The standard InChI is InChI=1S/C11H10F2N2O5/c12-5-1-2-6(13)7(3-5)14-11(20)15-8(10(18)19)4-9(16)17/h1-3,8H,4H2,(H,16,17)(H,18,19)(H2,14,15,20)/t8-/m0/s1.